The Kier molecular flexibility index (Phi) is 2.13. The van der Waals surface area contributed by atoms with Crippen molar-refractivity contribution in [2.45, 2.75) is 0 Å². The maximum Gasteiger partial charge on any atom is 0.158 e. The molecular weight excluding hydrogens is 242 g/mol. The van der Waals surface area contributed by atoms with Crippen LogP contribution >= 0.6 is 0 Å². The molecule has 92 valence electrons. The van der Waals surface area contributed by atoms with Gasteiger partial charge in [-0.2, -0.15) is 5.26 Å². The third kappa shape index (κ3) is 1.47. The van der Waals surface area contributed by atoms with Crippen LogP contribution in [-0.4, -0.2) is 15.0 Å². The van der Waals surface area contributed by atoms with Crippen LogP contribution in [0, 0.1) is 16.7 Å². The molecule has 19 heavy (non-hydrogen) atoms. The molecule has 1 aromatic heterocycles. The van der Waals surface area contributed by atoms with Gasteiger partial charge in [-0.1, -0.05) is 0 Å². The lowest BCUT2D eigenvalue weighted by Gasteiger charge is -2.00. The number of aromatic nitrogens is 3. The van der Waals surface area contributed by atoms with Gasteiger partial charge in [-0.15, -0.1) is 0 Å². The summed E-state index contributed by atoms with van der Waals surface area (Å²) in [4.78, 5) is 11.2. The Hall–Kier alpha value is -3.14. The molecule has 0 fully saturated rings. The molecule has 0 amide bonds. The highest BCUT2D eigenvalue weighted by molar-refractivity contribution is 5.90. The molecule has 6 N–H and O–H groups in total. The lowest BCUT2D eigenvalue weighted by Crippen LogP contribution is -2.10. The number of rotatable bonds is 0. The van der Waals surface area contributed by atoms with Gasteiger partial charge < -0.3 is 16.5 Å². The van der Waals surface area contributed by atoms with Crippen LogP contribution in [0.2, 0.25) is 0 Å². The fourth-order valence-electron chi connectivity index (χ4n) is 2.01. The Morgan fingerprint density at radius 3 is 2.84 bits per heavy atom. The largest absolute Gasteiger partial charge is 0.397 e. The average molecular weight is 251 g/mol. The van der Waals surface area contributed by atoms with E-state index in [2.05, 4.69) is 15.0 Å². The van der Waals surface area contributed by atoms with Crippen molar-refractivity contribution in [1.29, 1.82) is 10.7 Å². The summed E-state index contributed by atoms with van der Waals surface area (Å²) in [5.41, 5.74) is 14.0. The molecule has 0 spiro atoms. The van der Waals surface area contributed by atoms with E-state index in [0.29, 0.717) is 22.3 Å². The summed E-state index contributed by atoms with van der Waals surface area (Å²) in [6.45, 7) is 0. The molecule has 2 aliphatic rings. The number of H-pyrrole nitrogens is 1. The first-order chi connectivity index (χ1) is 9.11. The summed E-state index contributed by atoms with van der Waals surface area (Å²) in [6.07, 6.45) is 1.66. The van der Waals surface area contributed by atoms with Gasteiger partial charge in [0.15, 0.2) is 11.1 Å². The van der Waals surface area contributed by atoms with Gasteiger partial charge in [0.2, 0.25) is 0 Å². The zero-order chi connectivity index (χ0) is 13.6. The second-order valence-electron chi connectivity index (χ2n) is 4.04. The third-order valence-corrected chi connectivity index (χ3v) is 2.92. The van der Waals surface area contributed by atoms with E-state index < -0.39 is 0 Å². The van der Waals surface area contributed by atoms with E-state index in [4.69, 9.17) is 22.1 Å². The van der Waals surface area contributed by atoms with E-state index in [1.807, 2.05) is 6.07 Å². The Balaban J connectivity index is 2.60. The van der Waals surface area contributed by atoms with Gasteiger partial charge in [0.25, 0.3) is 0 Å². The van der Waals surface area contributed by atoms with Gasteiger partial charge >= 0.3 is 0 Å². The maximum absolute atomic E-state index is 9.00. The highest BCUT2D eigenvalue weighted by Crippen LogP contribution is 2.33. The standard InChI is InChI=1S/C12H9N7/c13-4-5-3-6-8(9(5)14)11(16)19-12-7(1-2-17-12)18-10(6)15/h1-3H,14H2,(H2,15,18)(H2,16,17,19). The topological polar surface area (TPSA) is 141 Å². The maximum atomic E-state index is 9.00. The third-order valence-electron chi connectivity index (χ3n) is 2.92. The van der Waals surface area contributed by atoms with E-state index in [1.54, 1.807) is 12.3 Å². The molecule has 0 radical (unpaired) electrons. The lowest BCUT2D eigenvalue weighted by atomic mass is 10.2. The fourth-order valence-corrected chi connectivity index (χ4v) is 2.01. The average Bonchev–Trinajstić information content (AvgIpc) is 2.92. The van der Waals surface area contributed by atoms with Crippen molar-refractivity contribution in [3.05, 3.63) is 29.4 Å². The van der Waals surface area contributed by atoms with Gasteiger partial charge in [0, 0.05) is 11.8 Å². The first-order valence-electron chi connectivity index (χ1n) is 5.43. The summed E-state index contributed by atoms with van der Waals surface area (Å²) in [5.74, 6) is 0.212. The summed E-state index contributed by atoms with van der Waals surface area (Å²) in [7, 11) is 0. The molecular formula is C12H9N7. The fraction of sp³-hybridized carbons (Fsp3) is 0. The first kappa shape index (κ1) is 11.0. The number of nitrogens with one attached hydrogen (secondary N) is 2. The minimum absolute atomic E-state index is 0.0458. The van der Waals surface area contributed by atoms with Crippen LogP contribution in [-0.2, 0) is 0 Å². The molecule has 0 saturated heterocycles. The summed E-state index contributed by atoms with van der Waals surface area (Å²) < 4.78 is 0. The minimum atomic E-state index is -0.0458. The molecule has 1 aromatic rings. The zero-order valence-corrected chi connectivity index (χ0v) is 9.73. The molecule has 1 aliphatic carbocycles. The van der Waals surface area contributed by atoms with Gasteiger partial charge in [-0.05, 0) is 12.1 Å². The Morgan fingerprint density at radius 2 is 2.11 bits per heavy atom. The second-order valence-corrected chi connectivity index (χ2v) is 4.04. The van der Waals surface area contributed by atoms with Gasteiger partial charge in [-0.3, -0.25) is 5.41 Å². The van der Waals surface area contributed by atoms with Crippen LogP contribution in [0.1, 0.15) is 5.56 Å². The monoisotopic (exact) mass is 251 g/mol. The number of anilines is 2. The van der Waals surface area contributed by atoms with Gasteiger partial charge in [-0.25, -0.2) is 9.97 Å². The molecule has 0 unspecified atom stereocenters. The molecule has 7 nitrogen and oxygen atoms in total. The molecule has 2 heterocycles. The van der Waals surface area contributed by atoms with Crippen molar-refractivity contribution in [1.82, 2.24) is 15.0 Å². The van der Waals surface area contributed by atoms with E-state index in [9.17, 15) is 0 Å². The quantitative estimate of drug-likeness (QED) is 0.462. The van der Waals surface area contributed by atoms with Crippen LogP contribution in [0.3, 0.4) is 0 Å². The van der Waals surface area contributed by atoms with Crippen LogP contribution in [0.4, 0.5) is 11.5 Å². The van der Waals surface area contributed by atoms with Crippen molar-refractivity contribution in [2.75, 3.05) is 11.5 Å². The number of nitrogens with zero attached hydrogens (tertiary/aromatic N) is 3. The Morgan fingerprint density at radius 1 is 1.32 bits per heavy atom. The SMILES string of the molecule is N#Cc1cc2c(N)nc3cc[nH]c3nc(=N)c-2c1N. The molecule has 7 heteroatoms. The number of hydrogen-bond donors (Lipinski definition) is 4. The van der Waals surface area contributed by atoms with Gasteiger partial charge in [0.05, 0.1) is 16.8 Å². The van der Waals surface area contributed by atoms with Gasteiger partial charge in [0.1, 0.15) is 17.4 Å². The minimum Gasteiger partial charge on any atom is -0.397 e. The number of nitrogens with two attached hydrogens (primary N) is 2. The normalized spacial score (nSPS) is 10.7. The number of nitriles is 1. The molecule has 0 aromatic carbocycles. The number of fused-ring (bicyclic) bond motifs is 2. The van der Waals surface area contributed by atoms with E-state index in [0.717, 1.165) is 0 Å². The first-order valence-corrected chi connectivity index (χ1v) is 5.43. The summed E-state index contributed by atoms with van der Waals surface area (Å²) in [5, 5.41) is 17.0. The highest BCUT2D eigenvalue weighted by atomic mass is 14.9. The molecule has 0 atom stereocenters. The predicted molar refractivity (Wildman–Crippen MR) is 69.9 cm³/mol. The summed E-state index contributed by atoms with van der Waals surface area (Å²) >= 11 is 0. The van der Waals surface area contributed by atoms with E-state index >= 15 is 0 Å². The van der Waals surface area contributed by atoms with Crippen molar-refractivity contribution < 1.29 is 0 Å². The molecule has 3 rings (SSSR count). The van der Waals surface area contributed by atoms with Crippen LogP contribution in [0.15, 0.2) is 18.3 Å². The van der Waals surface area contributed by atoms with Crippen LogP contribution < -0.4 is 17.0 Å². The number of nitrogen functional groups attached to an aromatic ring is 2. The molecule has 0 saturated carbocycles. The second kappa shape index (κ2) is 3.68. The van der Waals surface area contributed by atoms with Crippen molar-refractivity contribution in [3.63, 3.8) is 0 Å². The lowest BCUT2D eigenvalue weighted by molar-refractivity contribution is 1.12. The van der Waals surface area contributed by atoms with Crippen molar-refractivity contribution in [3.8, 4) is 17.2 Å². The zero-order valence-electron chi connectivity index (χ0n) is 9.73. The van der Waals surface area contributed by atoms with Crippen LogP contribution in [0.5, 0.6) is 0 Å². The van der Waals surface area contributed by atoms with Crippen molar-refractivity contribution >= 4 is 22.7 Å². The van der Waals surface area contributed by atoms with E-state index in [-0.39, 0.29) is 22.6 Å². The Labute approximate surface area is 107 Å². The van der Waals surface area contributed by atoms with Crippen molar-refractivity contribution in [2.24, 2.45) is 0 Å². The summed E-state index contributed by atoms with van der Waals surface area (Å²) in [6, 6.07) is 5.21. The van der Waals surface area contributed by atoms with Crippen LogP contribution in [0.25, 0.3) is 22.3 Å². The predicted octanol–water partition coefficient (Wildman–Crippen LogP) is 0.578. The highest BCUT2D eigenvalue weighted by Gasteiger charge is 2.18. The number of aromatic amines is 1. The molecule has 1 aliphatic heterocycles. The Bertz CT molecular complexity index is 872. The van der Waals surface area contributed by atoms with E-state index in [1.165, 1.54) is 6.07 Å². The number of hydrogen-bond acceptors (Lipinski definition) is 6. The smallest absolute Gasteiger partial charge is 0.158 e. The molecule has 0 bridgehead atoms.